The van der Waals surface area contributed by atoms with Crippen molar-refractivity contribution in [2.24, 2.45) is 0 Å². The Morgan fingerprint density at radius 3 is 2.53 bits per heavy atom. The van der Waals surface area contributed by atoms with Crippen LogP contribution in [0.25, 0.3) is 5.65 Å². The number of ketones is 1. The molecular weight excluding hydrogens is 563 g/mol. The van der Waals surface area contributed by atoms with E-state index >= 15 is 0 Å². The summed E-state index contributed by atoms with van der Waals surface area (Å²) in [5, 5.41) is 3.02. The number of halogens is 1. The van der Waals surface area contributed by atoms with E-state index < -0.39 is 5.82 Å². The molecular formula is C37H37FN6O. The van der Waals surface area contributed by atoms with Crippen LogP contribution in [0.3, 0.4) is 0 Å². The molecule has 45 heavy (non-hydrogen) atoms. The third-order valence-electron chi connectivity index (χ3n) is 8.51. The highest BCUT2D eigenvalue weighted by Crippen LogP contribution is 2.23. The zero-order valence-electron chi connectivity index (χ0n) is 26.0. The number of pyridine rings is 2. The van der Waals surface area contributed by atoms with Crippen molar-refractivity contribution in [3.05, 3.63) is 124 Å². The molecule has 0 atom stereocenters. The number of fused-ring (bicyclic) bond motifs is 1. The van der Waals surface area contributed by atoms with Crippen molar-refractivity contribution in [3.8, 4) is 11.8 Å². The van der Waals surface area contributed by atoms with Crippen LogP contribution in [0.15, 0.2) is 79.3 Å². The summed E-state index contributed by atoms with van der Waals surface area (Å²) >= 11 is 0. The molecule has 0 spiro atoms. The van der Waals surface area contributed by atoms with Crippen LogP contribution in [0.4, 0.5) is 15.9 Å². The lowest BCUT2D eigenvalue weighted by Gasteiger charge is -2.34. The van der Waals surface area contributed by atoms with Gasteiger partial charge in [0.25, 0.3) is 0 Å². The lowest BCUT2D eigenvalue weighted by Crippen LogP contribution is -2.45. The maximum absolute atomic E-state index is 14.2. The van der Waals surface area contributed by atoms with Crippen LogP contribution in [0, 0.1) is 31.5 Å². The summed E-state index contributed by atoms with van der Waals surface area (Å²) < 4.78 is 16.0. The average molecular weight is 601 g/mol. The number of nitrogens with zero attached hydrogens (tertiary/aromatic N) is 5. The van der Waals surface area contributed by atoms with Crippen LogP contribution < -0.4 is 5.32 Å². The number of likely N-dealkylation sites (N-methyl/N-ethyl adjacent to an activating group) is 1. The van der Waals surface area contributed by atoms with Crippen LogP contribution in [-0.2, 0) is 13.0 Å². The van der Waals surface area contributed by atoms with E-state index in [0.717, 1.165) is 56.0 Å². The van der Waals surface area contributed by atoms with Gasteiger partial charge in [-0.3, -0.25) is 14.1 Å². The Hall–Kier alpha value is -4.84. The maximum Gasteiger partial charge on any atom is 0.167 e. The minimum atomic E-state index is -0.445. The molecule has 7 nitrogen and oxygen atoms in total. The molecule has 1 aliphatic heterocycles. The number of nitrogens with one attached hydrogen (secondary N) is 1. The fourth-order valence-corrected chi connectivity index (χ4v) is 5.70. The van der Waals surface area contributed by atoms with Gasteiger partial charge in [0.1, 0.15) is 5.69 Å². The summed E-state index contributed by atoms with van der Waals surface area (Å²) in [5.41, 5.74) is 7.88. The molecule has 0 aliphatic carbocycles. The van der Waals surface area contributed by atoms with Crippen molar-refractivity contribution >= 4 is 22.9 Å². The number of piperazine rings is 1. The standard InChI is InChI=1S/C37H37FN6O/c1-4-42-17-19-43(20-18-42)25-31-12-10-28(21-27(31)3)22-35(45)30-11-9-26(2)29(23-30)13-14-32-24-40-37-34(8-6-16-44(32)37)41-36-33(38)7-5-15-39-36/h5-12,15-16,21,23-24H,4,17-20,22,25H2,1-3H3,(H,39,41). The summed E-state index contributed by atoms with van der Waals surface area (Å²) in [6.07, 6.45) is 5.41. The van der Waals surface area contributed by atoms with Gasteiger partial charge in [-0.15, -0.1) is 0 Å². The van der Waals surface area contributed by atoms with E-state index in [0.29, 0.717) is 29.0 Å². The topological polar surface area (TPSA) is 65.8 Å². The molecule has 6 rings (SSSR count). The van der Waals surface area contributed by atoms with Gasteiger partial charge < -0.3 is 10.2 Å². The van der Waals surface area contributed by atoms with Gasteiger partial charge in [-0.1, -0.05) is 43.2 Å². The second-order valence-corrected chi connectivity index (χ2v) is 11.6. The second-order valence-electron chi connectivity index (χ2n) is 11.6. The quantitative estimate of drug-likeness (QED) is 0.169. The molecule has 0 saturated carbocycles. The first-order chi connectivity index (χ1) is 21.9. The predicted octanol–water partition coefficient (Wildman–Crippen LogP) is 6.19. The maximum atomic E-state index is 14.2. The highest BCUT2D eigenvalue weighted by molar-refractivity contribution is 5.98. The molecule has 2 aromatic carbocycles. The Morgan fingerprint density at radius 1 is 0.933 bits per heavy atom. The van der Waals surface area contributed by atoms with Crippen molar-refractivity contribution in [2.45, 2.75) is 33.7 Å². The van der Waals surface area contributed by atoms with Crippen molar-refractivity contribution in [1.29, 1.82) is 0 Å². The first-order valence-corrected chi connectivity index (χ1v) is 15.4. The highest BCUT2D eigenvalue weighted by Gasteiger charge is 2.17. The van der Waals surface area contributed by atoms with Crippen LogP contribution in [0.5, 0.6) is 0 Å². The van der Waals surface area contributed by atoms with E-state index in [1.165, 1.54) is 23.4 Å². The lowest BCUT2D eigenvalue weighted by atomic mass is 9.96. The number of carbonyl (C=O) groups excluding carboxylic acids is 1. The fourth-order valence-electron chi connectivity index (χ4n) is 5.70. The van der Waals surface area contributed by atoms with Crippen LogP contribution in [0.2, 0.25) is 0 Å². The van der Waals surface area contributed by atoms with Crippen LogP contribution >= 0.6 is 0 Å². The number of aryl methyl sites for hydroxylation is 2. The largest absolute Gasteiger partial charge is 0.335 e. The lowest BCUT2D eigenvalue weighted by molar-refractivity contribution is 0.0993. The minimum Gasteiger partial charge on any atom is -0.335 e. The van der Waals surface area contributed by atoms with Gasteiger partial charge >= 0.3 is 0 Å². The molecule has 3 aromatic heterocycles. The third kappa shape index (κ3) is 6.96. The van der Waals surface area contributed by atoms with E-state index in [1.54, 1.807) is 12.3 Å². The first kappa shape index (κ1) is 30.2. The number of imidazole rings is 1. The van der Waals surface area contributed by atoms with Gasteiger partial charge in [-0.2, -0.15) is 0 Å². The molecule has 0 bridgehead atoms. The normalized spacial score (nSPS) is 13.9. The summed E-state index contributed by atoms with van der Waals surface area (Å²) in [6.45, 7) is 12.8. The Labute approximate surface area is 263 Å². The number of rotatable bonds is 8. The van der Waals surface area contributed by atoms with Gasteiger partial charge in [0.05, 0.1) is 11.9 Å². The highest BCUT2D eigenvalue weighted by atomic mass is 19.1. The molecule has 0 amide bonds. The minimum absolute atomic E-state index is 0.0631. The number of hydrogen-bond acceptors (Lipinski definition) is 6. The molecule has 1 saturated heterocycles. The van der Waals surface area contributed by atoms with Gasteiger partial charge in [0.2, 0.25) is 0 Å². The number of carbonyl (C=O) groups is 1. The number of benzene rings is 2. The SMILES string of the molecule is CCN1CCN(Cc2ccc(CC(=O)c3ccc(C)c(C#Cc4cnc5c(Nc6ncccc6F)cccn45)c3)cc2C)CC1. The molecule has 8 heteroatoms. The molecule has 5 aromatic rings. The summed E-state index contributed by atoms with van der Waals surface area (Å²) in [6, 6.07) is 18.7. The Bertz CT molecular complexity index is 1910. The third-order valence-corrected chi connectivity index (χ3v) is 8.51. The molecule has 1 N–H and O–H groups in total. The molecule has 4 heterocycles. The van der Waals surface area contributed by atoms with E-state index in [2.05, 4.69) is 69.0 Å². The van der Waals surface area contributed by atoms with Gasteiger partial charge in [-0.25, -0.2) is 14.4 Å². The average Bonchev–Trinajstić information content (AvgIpc) is 3.47. The van der Waals surface area contributed by atoms with E-state index in [1.807, 2.05) is 47.9 Å². The number of anilines is 2. The predicted molar refractivity (Wildman–Crippen MR) is 176 cm³/mol. The fraction of sp³-hybridized carbons (Fsp3) is 0.270. The smallest absolute Gasteiger partial charge is 0.167 e. The van der Waals surface area contributed by atoms with Crippen molar-refractivity contribution in [2.75, 3.05) is 38.0 Å². The summed E-state index contributed by atoms with van der Waals surface area (Å²) in [7, 11) is 0. The summed E-state index contributed by atoms with van der Waals surface area (Å²) in [4.78, 5) is 26.9. The van der Waals surface area contributed by atoms with Crippen molar-refractivity contribution in [1.82, 2.24) is 24.2 Å². The van der Waals surface area contributed by atoms with Gasteiger partial charge in [0, 0.05) is 62.7 Å². The molecule has 0 radical (unpaired) electrons. The summed E-state index contributed by atoms with van der Waals surface area (Å²) in [5.74, 6) is 6.20. The number of hydrogen-bond donors (Lipinski definition) is 1. The van der Waals surface area contributed by atoms with Crippen molar-refractivity contribution in [3.63, 3.8) is 0 Å². The zero-order chi connectivity index (χ0) is 31.3. The molecule has 1 aliphatic rings. The van der Waals surface area contributed by atoms with Gasteiger partial charge in [0.15, 0.2) is 23.1 Å². The van der Waals surface area contributed by atoms with Crippen LogP contribution in [-0.4, -0.2) is 62.7 Å². The molecule has 1 fully saturated rings. The van der Waals surface area contributed by atoms with Crippen molar-refractivity contribution < 1.29 is 9.18 Å². The Kier molecular flexibility index (Phi) is 9.01. The molecule has 0 unspecified atom stereocenters. The monoisotopic (exact) mass is 600 g/mol. The molecule has 228 valence electrons. The van der Waals surface area contributed by atoms with E-state index in [4.69, 9.17) is 0 Å². The van der Waals surface area contributed by atoms with E-state index in [9.17, 15) is 9.18 Å². The number of aromatic nitrogens is 3. The Morgan fingerprint density at radius 2 is 1.76 bits per heavy atom. The van der Waals surface area contributed by atoms with Gasteiger partial charge in [-0.05, 0) is 78.9 Å². The Balaban J connectivity index is 1.15. The second kappa shape index (κ2) is 13.4. The first-order valence-electron chi connectivity index (χ1n) is 15.4. The van der Waals surface area contributed by atoms with E-state index in [-0.39, 0.29) is 11.6 Å². The van der Waals surface area contributed by atoms with Crippen LogP contribution in [0.1, 0.15) is 50.8 Å². The zero-order valence-corrected chi connectivity index (χ0v) is 26.0. The number of Topliss-reactive ketones (excluding diaryl/α,β-unsaturated/α-hetero) is 1.